The summed E-state index contributed by atoms with van der Waals surface area (Å²) in [4.78, 5) is 22.2. The molecule has 0 heterocycles. The quantitative estimate of drug-likeness (QED) is 0.621. The van der Waals surface area contributed by atoms with Crippen LogP contribution in [0.1, 0.15) is 0 Å². The summed E-state index contributed by atoms with van der Waals surface area (Å²) in [6, 6.07) is 8.07. The molecule has 0 saturated carbocycles. The average Bonchev–Trinajstić information content (AvgIpc) is 2.49. The summed E-state index contributed by atoms with van der Waals surface area (Å²) in [5.74, 6) is 0.423. The SMILES string of the molecule is COc1ccc(Cl)cc1NC(=O)Nc1ccc(Cl)c([N+](=O)[O-])c1. The number of rotatable bonds is 4. The maximum Gasteiger partial charge on any atom is 0.323 e. The Morgan fingerprint density at radius 3 is 2.57 bits per heavy atom. The molecular formula is C14H11Cl2N3O4. The van der Waals surface area contributed by atoms with Crippen molar-refractivity contribution >= 4 is 46.3 Å². The molecular weight excluding hydrogens is 345 g/mol. The minimum atomic E-state index is -0.634. The maximum atomic E-state index is 12.0. The van der Waals surface area contributed by atoms with E-state index in [2.05, 4.69) is 10.6 Å². The molecule has 23 heavy (non-hydrogen) atoms. The van der Waals surface area contributed by atoms with Crippen molar-refractivity contribution in [3.05, 3.63) is 56.6 Å². The van der Waals surface area contributed by atoms with Crippen LogP contribution in [-0.2, 0) is 0 Å². The van der Waals surface area contributed by atoms with Crippen LogP contribution in [0.25, 0.3) is 0 Å². The highest BCUT2D eigenvalue weighted by molar-refractivity contribution is 6.32. The highest BCUT2D eigenvalue weighted by Crippen LogP contribution is 2.29. The number of nitrogens with zero attached hydrogens (tertiary/aromatic N) is 1. The van der Waals surface area contributed by atoms with Gasteiger partial charge < -0.3 is 15.4 Å². The molecule has 0 radical (unpaired) electrons. The number of benzene rings is 2. The highest BCUT2D eigenvalue weighted by atomic mass is 35.5. The van der Waals surface area contributed by atoms with E-state index in [1.165, 1.54) is 25.3 Å². The van der Waals surface area contributed by atoms with Gasteiger partial charge >= 0.3 is 6.03 Å². The lowest BCUT2D eigenvalue weighted by Crippen LogP contribution is -2.19. The average molecular weight is 356 g/mol. The predicted octanol–water partition coefficient (Wildman–Crippen LogP) is 4.55. The molecule has 0 aliphatic carbocycles. The van der Waals surface area contributed by atoms with Crippen molar-refractivity contribution in [2.24, 2.45) is 0 Å². The van der Waals surface area contributed by atoms with E-state index in [9.17, 15) is 14.9 Å². The smallest absolute Gasteiger partial charge is 0.323 e. The molecule has 0 aliphatic rings. The van der Waals surface area contributed by atoms with Crippen LogP contribution >= 0.6 is 23.2 Å². The lowest BCUT2D eigenvalue weighted by molar-refractivity contribution is -0.384. The van der Waals surface area contributed by atoms with Crippen molar-refractivity contribution in [3.8, 4) is 5.75 Å². The number of urea groups is 1. The van der Waals surface area contributed by atoms with Crippen molar-refractivity contribution in [2.45, 2.75) is 0 Å². The van der Waals surface area contributed by atoms with Crippen molar-refractivity contribution in [1.82, 2.24) is 0 Å². The van der Waals surface area contributed by atoms with Gasteiger partial charge in [0.1, 0.15) is 10.8 Å². The van der Waals surface area contributed by atoms with Crippen LogP contribution in [0.4, 0.5) is 21.9 Å². The van der Waals surface area contributed by atoms with E-state index in [0.717, 1.165) is 6.07 Å². The van der Waals surface area contributed by atoms with Crippen LogP contribution in [0.5, 0.6) is 5.75 Å². The summed E-state index contributed by atoms with van der Waals surface area (Å²) in [7, 11) is 1.45. The summed E-state index contributed by atoms with van der Waals surface area (Å²) < 4.78 is 5.11. The topological polar surface area (TPSA) is 93.5 Å². The molecule has 0 bridgehead atoms. The van der Waals surface area contributed by atoms with Crippen molar-refractivity contribution in [2.75, 3.05) is 17.7 Å². The zero-order chi connectivity index (χ0) is 17.0. The first kappa shape index (κ1) is 16.9. The van der Waals surface area contributed by atoms with Crippen molar-refractivity contribution in [3.63, 3.8) is 0 Å². The van der Waals surface area contributed by atoms with E-state index in [4.69, 9.17) is 27.9 Å². The fourth-order valence-electron chi connectivity index (χ4n) is 1.79. The van der Waals surface area contributed by atoms with Gasteiger partial charge in [0, 0.05) is 16.8 Å². The number of halogens is 2. The number of ether oxygens (including phenoxy) is 1. The number of carbonyl (C=O) groups is 1. The Hall–Kier alpha value is -2.51. The van der Waals surface area contributed by atoms with Crippen LogP contribution in [0, 0.1) is 10.1 Å². The molecule has 0 aliphatic heterocycles. The van der Waals surface area contributed by atoms with Gasteiger partial charge in [0.2, 0.25) is 0 Å². The summed E-state index contributed by atoms with van der Waals surface area (Å²) in [6.45, 7) is 0. The van der Waals surface area contributed by atoms with Crippen LogP contribution in [-0.4, -0.2) is 18.1 Å². The Bertz CT molecular complexity index is 768. The molecule has 0 unspecified atom stereocenters. The van der Waals surface area contributed by atoms with Gasteiger partial charge in [0.15, 0.2) is 0 Å². The Morgan fingerprint density at radius 1 is 1.17 bits per heavy atom. The van der Waals surface area contributed by atoms with E-state index in [1.54, 1.807) is 12.1 Å². The zero-order valence-electron chi connectivity index (χ0n) is 11.8. The number of nitro benzene ring substituents is 1. The fourth-order valence-corrected chi connectivity index (χ4v) is 2.15. The lowest BCUT2D eigenvalue weighted by atomic mass is 10.2. The van der Waals surface area contributed by atoms with Gasteiger partial charge in [0.25, 0.3) is 5.69 Å². The van der Waals surface area contributed by atoms with E-state index >= 15 is 0 Å². The molecule has 0 fully saturated rings. The second-order valence-corrected chi connectivity index (χ2v) is 5.19. The molecule has 2 N–H and O–H groups in total. The maximum absolute atomic E-state index is 12.0. The molecule has 0 atom stereocenters. The van der Waals surface area contributed by atoms with Crippen molar-refractivity contribution < 1.29 is 14.5 Å². The van der Waals surface area contributed by atoms with Crippen LogP contribution < -0.4 is 15.4 Å². The molecule has 7 nitrogen and oxygen atoms in total. The number of hydrogen-bond acceptors (Lipinski definition) is 4. The number of methoxy groups -OCH3 is 1. The standard InChI is InChI=1S/C14H11Cl2N3O4/c1-23-13-5-2-8(15)6-11(13)18-14(20)17-9-3-4-10(16)12(7-9)19(21)22/h2-7H,1H3,(H2,17,18,20). The van der Waals surface area contributed by atoms with Gasteiger partial charge in [-0.2, -0.15) is 0 Å². The van der Waals surface area contributed by atoms with Crippen LogP contribution in [0.3, 0.4) is 0 Å². The lowest BCUT2D eigenvalue weighted by Gasteiger charge is -2.11. The second kappa shape index (κ2) is 7.17. The van der Waals surface area contributed by atoms with Crippen LogP contribution in [0.15, 0.2) is 36.4 Å². The molecule has 120 valence electrons. The van der Waals surface area contributed by atoms with Crippen LogP contribution in [0.2, 0.25) is 10.0 Å². The summed E-state index contributed by atoms with van der Waals surface area (Å²) >= 11 is 11.6. The van der Waals surface area contributed by atoms with E-state index in [1.807, 2.05) is 0 Å². The van der Waals surface area contributed by atoms with Gasteiger partial charge in [-0.3, -0.25) is 10.1 Å². The third-order valence-corrected chi connectivity index (χ3v) is 3.37. The third kappa shape index (κ3) is 4.24. The van der Waals surface area contributed by atoms with E-state index in [0.29, 0.717) is 16.5 Å². The molecule has 0 aromatic heterocycles. The Morgan fingerprint density at radius 2 is 1.91 bits per heavy atom. The molecule has 2 rings (SSSR count). The molecule has 2 aromatic carbocycles. The third-order valence-electron chi connectivity index (χ3n) is 2.81. The number of nitrogens with one attached hydrogen (secondary N) is 2. The fraction of sp³-hybridized carbons (Fsp3) is 0.0714. The number of amides is 2. The number of hydrogen-bond donors (Lipinski definition) is 2. The minimum absolute atomic E-state index is 0.0162. The summed E-state index contributed by atoms with van der Waals surface area (Å²) in [6.07, 6.45) is 0. The normalized spacial score (nSPS) is 10.0. The molecule has 9 heteroatoms. The molecule has 0 saturated heterocycles. The monoisotopic (exact) mass is 355 g/mol. The second-order valence-electron chi connectivity index (χ2n) is 4.35. The van der Waals surface area contributed by atoms with Gasteiger partial charge in [-0.15, -0.1) is 0 Å². The molecule has 2 aromatic rings. The van der Waals surface area contributed by atoms with E-state index < -0.39 is 11.0 Å². The zero-order valence-corrected chi connectivity index (χ0v) is 13.3. The summed E-state index contributed by atoms with van der Waals surface area (Å²) in [5, 5.41) is 16.3. The predicted molar refractivity (Wildman–Crippen MR) is 88.8 cm³/mol. The number of carbonyl (C=O) groups excluding carboxylic acids is 1. The highest BCUT2D eigenvalue weighted by Gasteiger charge is 2.14. The van der Waals surface area contributed by atoms with E-state index in [-0.39, 0.29) is 16.4 Å². The number of nitro groups is 1. The minimum Gasteiger partial charge on any atom is -0.495 e. The molecule has 2 amide bonds. The first-order valence-corrected chi connectivity index (χ1v) is 7.02. The first-order chi connectivity index (χ1) is 10.9. The van der Waals surface area contributed by atoms with Gasteiger partial charge in [-0.1, -0.05) is 23.2 Å². The van der Waals surface area contributed by atoms with Gasteiger partial charge in [-0.25, -0.2) is 4.79 Å². The Labute approximate surface area is 141 Å². The summed E-state index contributed by atoms with van der Waals surface area (Å²) in [5.41, 5.74) is 0.283. The Kier molecular flexibility index (Phi) is 5.25. The largest absolute Gasteiger partial charge is 0.495 e. The van der Waals surface area contributed by atoms with Gasteiger partial charge in [0.05, 0.1) is 17.7 Å². The first-order valence-electron chi connectivity index (χ1n) is 6.26. The molecule has 0 spiro atoms. The van der Waals surface area contributed by atoms with Gasteiger partial charge in [-0.05, 0) is 30.3 Å². The van der Waals surface area contributed by atoms with Crippen molar-refractivity contribution in [1.29, 1.82) is 0 Å². The number of anilines is 2. The Balaban J connectivity index is 2.16.